The van der Waals surface area contributed by atoms with Crippen molar-refractivity contribution in [3.05, 3.63) is 16.1 Å². The van der Waals surface area contributed by atoms with Crippen LogP contribution in [0.3, 0.4) is 0 Å². The highest BCUT2D eigenvalue weighted by Crippen LogP contribution is 2.41. The van der Waals surface area contributed by atoms with Crippen LogP contribution in [0.4, 0.5) is 0 Å². The first kappa shape index (κ1) is 12.0. The van der Waals surface area contributed by atoms with Gasteiger partial charge >= 0.3 is 0 Å². The first-order valence-corrected chi connectivity index (χ1v) is 6.94. The molecule has 1 aliphatic carbocycles. The standard InChI is InChI=1S/C12H20N2OS/c1-2-10(15)5-6-13-7-11-8-14-12(16-11)9-3-4-9/h8-10,13,15H,2-7H2,1H3. The molecule has 4 heteroatoms. The molecular formula is C12H20N2OS. The van der Waals surface area contributed by atoms with Gasteiger partial charge in [-0.05, 0) is 32.2 Å². The van der Waals surface area contributed by atoms with Gasteiger partial charge in [0, 0.05) is 23.5 Å². The van der Waals surface area contributed by atoms with E-state index in [0.717, 1.165) is 31.8 Å². The van der Waals surface area contributed by atoms with E-state index in [0.29, 0.717) is 0 Å². The van der Waals surface area contributed by atoms with Gasteiger partial charge in [-0.25, -0.2) is 4.98 Å². The van der Waals surface area contributed by atoms with Gasteiger partial charge in [-0.15, -0.1) is 11.3 Å². The monoisotopic (exact) mass is 240 g/mol. The third-order valence-electron chi connectivity index (χ3n) is 2.92. The number of nitrogens with zero attached hydrogens (tertiary/aromatic N) is 1. The lowest BCUT2D eigenvalue weighted by atomic mass is 10.2. The van der Waals surface area contributed by atoms with E-state index in [1.54, 1.807) is 0 Å². The third-order valence-corrected chi connectivity index (χ3v) is 4.08. The molecule has 1 unspecified atom stereocenters. The maximum Gasteiger partial charge on any atom is 0.0959 e. The van der Waals surface area contributed by atoms with E-state index >= 15 is 0 Å². The average molecular weight is 240 g/mol. The first-order valence-electron chi connectivity index (χ1n) is 6.13. The van der Waals surface area contributed by atoms with Crippen molar-refractivity contribution in [2.45, 2.75) is 51.2 Å². The molecule has 2 rings (SSSR count). The van der Waals surface area contributed by atoms with Crippen molar-refractivity contribution in [1.82, 2.24) is 10.3 Å². The zero-order chi connectivity index (χ0) is 11.4. The van der Waals surface area contributed by atoms with Crippen LogP contribution in [0.1, 0.15) is 48.4 Å². The summed E-state index contributed by atoms with van der Waals surface area (Å²) in [6.07, 6.45) is 6.16. The van der Waals surface area contributed by atoms with Crippen LogP contribution in [-0.2, 0) is 6.54 Å². The normalized spacial score (nSPS) is 17.6. The molecule has 0 bridgehead atoms. The van der Waals surface area contributed by atoms with Gasteiger partial charge in [0.2, 0.25) is 0 Å². The van der Waals surface area contributed by atoms with Gasteiger partial charge in [0.15, 0.2) is 0 Å². The molecule has 16 heavy (non-hydrogen) atoms. The molecule has 0 aliphatic heterocycles. The van der Waals surface area contributed by atoms with Gasteiger partial charge in [-0.3, -0.25) is 0 Å². The highest BCUT2D eigenvalue weighted by Gasteiger charge is 2.26. The minimum atomic E-state index is -0.156. The van der Waals surface area contributed by atoms with E-state index in [1.807, 2.05) is 24.5 Å². The minimum Gasteiger partial charge on any atom is -0.393 e. The van der Waals surface area contributed by atoms with E-state index in [1.165, 1.54) is 22.7 Å². The van der Waals surface area contributed by atoms with E-state index in [9.17, 15) is 5.11 Å². The molecule has 1 atom stereocenters. The molecule has 0 aromatic carbocycles. The molecule has 1 aromatic rings. The predicted octanol–water partition coefficient (Wildman–Crippen LogP) is 2.27. The van der Waals surface area contributed by atoms with Gasteiger partial charge < -0.3 is 10.4 Å². The summed E-state index contributed by atoms with van der Waals surface area (Å²) in [5, 5.41) is 14.1. The molecule has 1 aliphatic rings. The second-order valence-electron chi connectivity index (χ2n) is 4.47. The van der Waals surface area contributed by atoms with Crippen LogP contribution in [0.2, 0.25) is 0 Å². The summed E-state index contributed by atoms with van der Waals surface area (Å²) in [4.78, 5) is 5.75. The number of aromatic nitrogens is 1. The van der Waals surface area contributed by atoms with Gasteiger partial charge in [0.25, 0.3) is 0 Å². The number of nitrogens with one attached hydrogen (secondary N) is 1. The number of aliphatic hydroxyl groups is 1. The molecule has 3 nitrogen and oxygen atoms in total. The molecular weight excluding hydrogens is 220 g/mol. The number of rotatable bonds is 7. The Morgan fingerprint density at radius 2 is 2.44 bits per heavy atom. The molecule has 0 amide bonds. The lowest BCUT2D eigenvalue weighted by molar-refractivity contribution is 0.160. The summed E-state index contributed by atoms with van der Waals surface area (Å²) in [5.41, 5.74) is 0. The summed E-state index contributed by atoms with van der Waals surface area (Å²) in [5.74, 6) is 0.765. The summed E-state index contributed by atoms with van der Waals surface area (Å²) in [6.45, 7) is 3.78. The molecule has 2 N–H and O–H groups in total. The average Bonchev–Trinajstić information content (AvgIpc) is 3.05. The van der Waals surface area contributed by atoms with Crippen LogP contribution in [-0.4, -0.2) is 22.7 Å². The minimum absolute atomic E-state index is 0.156. The number of aliphatic hydroxyl groups excluding tert-OH is 1. The molecule has 0 saturated heterocycles. The van der Waals surface area contributed by atoms with E-state index in [4.69, 9.17) is 0 Å². The maximum atomic E-state index is 9.39. The van der Waals surface area contributed by atoms with Crippen LogP contribution >= 0.6 is 11.3 Å². The van der Waals surface area contributed by atoms with Crippen molar-refractivity contribution in [3.8, 4) is 0 Å². The van der Waals surface area contributed by atoms with Gasteiger partial charge in [0.05, 0.1) is 11.1 Å². The molecule has 1 fully saturated rings. The van der Waals surface area contributed by atoms with E-state index in [2.05, 4.69) is 10.3 Å². The summed E-state index contributed by atoms with van der Waals surface area (Å²) in [6, 6.07) is 0. The van der Waals surface area contributed by atoms with E-state index < -0.39 is 0 Å². The second-order valence-corrected chi connectivity index (χ2v) is 5.61. The fourth-order valence-corrected chi connectivity index (χ4v) is 2.66. The lowest BCUT2D eigenvalue weighted by Crippen LogP contribution is -2.19. The Morgan fingerprint density at radius 1 is 1.62 bits per heavy atom. The van der Waals surface area contributed by atoms with E-state index in [-0.39, 0.29) is 6.10 Å². The summed E-state index contributed by atoms with van der Waals surface area (Å²) >= 11 is 1.83. The Labute approximate surface area is 101 Å². The Hall–Kier alpha value is -0.450. The molecule has 1 saturated carbocycles. The van der Waals surface area contributed by atoms with Crippen molar-refractivity contribution in [3.63, 3.8) is 0 Å². The summed E-state index contributed by atoms with van der Waals surface area (Å²) in [7, 11) is 0. The Kier molecular flexibility index (Phi) is 4.32. The second kappa shape index (κ2) is 5.75. The predicted molar refractivity (Wildman–Crippen MR) is 66.7 cm³/mol. The molecule has 0 radical (unpaired) electrons. The number of hydrogen-bond donors (Lipinski definition) is 2. The van der Waals surface area contributed by atoms with Crippen molar-refractivity contribution in [2.75, 3.05) is 6.54 Å². The zero-order valence-corrected chi connectivity index (χ0v) is 10.6. The Bertz CT molecular complexity index is 323. The van der Waals surface area contributed by atoms with Crippen LogP contribution in [0.25, 0.3) is 0 Å². The first-order chi connectivity index (χ1) is 7.79. The molecule has 90 valence electrons. The van der Waals surface area contributed by atoms with Crippen molar-refractivity contribution in [1.29, 1.82) is 0 Å². The van der Waals surface area contributed by atoms with Crippen LogP contribution in [0.15, 0.2) is 6.20 Å². The quantitative estimate of drug-likeness (QED) is 0.719. The fourth-order valence-electron chi connectivity index (χ4n) is 1.61. The largest absolute Gasteiger partial charge is 0.393 e. The van der Waals surface area contributed by atoms with Gasteiger partial charge in [0.1, 0.15) is 0 Å². The lowest BCUT2D eigenvalue weighted by Gasteiger charge is -2.07. The summed E-state index contributed by atoms with van der Waals surface area (Å²) < 4.78 is 0. The topological polar surface area (TPSA) is 45.1 Å². The van der Waals surface area contributed by atoms with Crippen molar-refractivity contribution in [2.24, 2.45) is 0 Å². The van der Waals surface area contributed by atoms with Crippen LogP contribution in [0.5, 0.6) is 0 Å². The SMILES string of the molecule is CCC(O)CCNCc1cnc(C2CC2)s1. The zero-order valence-electron chi connectivity index (χ0n) is 9.78. The van der Waals surface area contributed by atoms with Gasteiger partial charge in [-0.1, -0.05) is 6.92 Å². The third kappa shape index (κ3) is 3.54. The van der Waals surface area contributed by atoms with Gasteiger partial charge in [-0.2, -0.15) is 0 Å². The number of hydrogen-bond acceptors (Lipinski definition) is 4. The van der Waals surface area contributed by atoms with Crippen LogP contribution in [0, 0.1) is 0 Å². The highest BCUT2D eigenvalue weighted by atomic mass is 32.1. The maximum absolute atomic E-state index is 9.39. The van der Waals surface area contributed by atoms with Crippen molar-refractivity contribution >= 4 is 11.3 Å². The molecule has 0 spiro atoms. The fraction of sp³-hybridized carbons (Fsp3) is 0.750. The smallest absolute Gasteiger partial charge is 0.0959 e. The Morgan fingerprint density at radius 3 is 3.12 bits per heavy atom. The van der Waals surface area contributed by atoms with Crippen LogP contribution < -0.4 is 5.32 Å². The highest BCUT2D eigenvalue weighted by molar-refractivity contribution is 7.11. The Balaban J connectivity index is 1.64. The van der Waals surface area contributed by atoms with Crippen molar-refractivity contribution < 1.29 is 5.11 Å². The number of thiazole rings is 1. The molecule has 1 heterocycles. The molecule has 1 aromatic heterocycles.